The number of rotatable bonds is 1. The first-order valence-electron chi connectivity index (χ1n) is 4.53. The summed E-state index contributed by atoms with van der Waals surface area (Å²) in [7, 11) is 0. The van der Waals surface area contributed by atoms with E-state index in [0.29, 0.717) is 5.56 Å². The number of carbonyl (C=O) groups is 2. The summed E-state index contributed by atoms with van der Waals surface area (Å²) >= 11 is 0. The molecule has 1 unspecified atom stereocenters. The molecule has 0 radical (unpaired) electrons. The second-order valence-corrected chi connectivity index (χ2v) is 3.78. The molecule has 0 bridgehead atoms. The van der Waals surface area contributed by atoms with E-state index in [4.69, 9.17) is 0 Å². The fraction of sp³-hybridized carbons (Fsp3) is 0.273. The lowest BCUT2D eigenvalue weighted by atomic mass is 9.81. The van der Waals surface area contributed by atoms with E-state index >= 15 is 0 Å². The van der Waals surface area contributed by atoms with Gasteiger partial charge in [-0.3, -0.25) is 9.59 Å². The molecule has 78 valence electrons. The van der Waals surface area contributed by atoms with Crippen molar-refractivity contribution in [3.05, 3.63) is 35.6 Å². The average Bonchev–Trinajstić information content (AvgIpc) is 2.42. The molecule has 1 aliphatic rings. The van der Waals surface area contributed by atoms with Crippen LogP contribution >= 0.6 is 0 Å². The zero-order valence-corrected chi connectivity index (χ0v) is 8.12. The Morgan fingerprint density at radius 3 is 2.33 bits per heavy atom. The molecule has 1 fully saturated rings. The quantitative estimate of drug-likeness (QED) is 0.519. The molecule has 1 aromatic carbocycles. The zero-order chi connectivity index (χ0) is 11.1. The maximum absolute atomic E-state index is 12.7. The van der Waals surface area contributed by atoms with Crippen LogP contribution in [0.25, 0.3) is 0 Å². The third kappa shape index (κ3) is 1.52. The molecule has 1 atom stereocenters. The molecule has 15 heavy (non-hydrogen) atoms. The van der Waals surface area contributed by atoms with E-state index in [1.165, 1.54) is 24.3 Å². The number of halogens is 1. The van der Waals surface area contributed by atoms with Crippen molar-refractivity contribution < 1.29 is 18.7 Å². The van der Waals surface area contributed by atoms with E-state index in [1.54, 1.807) is 6.92 Å². The molecule has 0 aliphatic carbocycles. The highest BCUT2D eigenvalue weighted by molar-refractivity contribution is 6.00. The molecule has 4 heteroatoms. The monoisotopic (exact) mass is 208 g/mol. The van der Waals surface area contributed by atoms with Crippen LogP contribution in [0, 0.1) is 5.82 Å². The number of hydrogen-bond acceptors (Lipinski definition) is 3. The number of esters is 2. The molecule has 2 rings (SSSR count). The summed E-state index contributed by atoms with van der Waals surface area (Å²) in [6, 6.07) is 5.51. The Kier molecular flexibility index (Phi) is 2.07. The molecular weight excluding hydrogens is 199 g/mol. The first-order valence-corrected chi connectivity index (χ1v) is 4.53. The summed E-state index contributed by atoms with van der Waals surface area (Å²) in [5.74, 6) is -1.48. The Morgan fingerprint density at radius 2 is 1.87 bits per heavy atom. The fourth-order valence-corrected chi connectivity index (χ4v) is 1.65. The van der Waals surface area contributed by atoms with Crippen molar-refractivity contribution in [2.75, 3.05) is 0 Å². The van der Waals surface area contributed by atoms with Crippen LogP contribution in [-0.2, 0) is 19.7 Å². The van der Waals surface area contributed by atoms with Gasteiger partial charge in [0.25, 0.3) is 0 Å². The van der Waals surface area contributed by atoms with Crippen LogP contribution in [0.2, 0.25) is 0 Å². The van der Waals surface area contributed by atoms with E-state index in [1.807, 2.05) is 0 Å². The van der Waals surface area contributed by atoms with Crippen LogP contribution in [0.4, 0.5) is 4.39 Å². The van der Waals surface area contributed by atoms with Crippen LogP contribution in [-0.4, -0.2) is 11.9 Å². The molecule has 1 aromatic rings. The van der Waals surface area contributed by atoms with E-state index in [0.717, 1.165) is 0 Å². The van der Waals surface area contributed by atoms with Gasteiger partial charge in [0, 0.05) is 0 Å². The van der Waals surface area contributed by atoms with Crippen LogP contribution in [0.1, 0.15) is 18.9 Å². The molecule has 0 amide bonds. The second kappa shape index (κ2) is 3.15. The summed E-state index contributed by atoms with van der Waals surface area (Å²) in [6.07, 6.45) is 0.0114. The largest absolute Gasteiger partial charge is 0.392 e. The lowest BCUT2D eigenvalue weighted by Gasteiger charge is -2.17. The van der Waals surface area contributed by atoms with Gasteiger partial charge in [-0.05, 0) is 24.6 Å². The standard InChI is InChI=1S/C11H9FO3/c1-11(6-9(13)15-10(11)14)7-2-4-8(12)5-3-7/h2-5H,6H2,1H3. The highest BCUT2D eigenvalue weighted by Crippen LogP contribution is 2.34. The first-order chi connectivity index (χ1) is 7.02. The third-order valence-electron chi connectivity index (χ3n) is 2.64. The molecule has 0 saturated carbocycles. The van der Waals surface area contributed by atoms with Crippen molar-refractivity contribution in [3.8, 4) is 0 Å². The smallest absolute Gasteiger partial charge is 0.324 e. The Balaban J connectivity index is 2.41. The second-order valence-electron chi connectivity index (χ2n) is 3.78. The van der Waals surface area contributed by atoms with Gasteiger partial charge in [0.05, 0.1) is 6.42 Å². The number of carbonyl (C=O) groups excluding carboxylic acids is 2. The number of ether oxygens (including phenoxy) is 1. The Bertz CT molecular complexity index is 424. The minimum Gasteiger partial charge on any atom is -0.392 e. The predicted molar refractivity (Wildman–Crippen MR) is 49.5 cm³/mol. The van der Waals surface area contributed by atoms with Gasteiger partial charge in [0.15, 0.2) is 0 Å². The Morgan fingerprint density at radius 1 is 1.27 bits per heavy atom. The Hall–Kier alpha value is -1.71. The molecular formula is C11H9FO3. The summed E-state index contributed by atoms with van der Waals surface area (Å²) in [5, 5.41) is 0. The number of hydrogen-bond donors (Lipinski definition) is 0. The summed E-state index contributed by atoms with van der Waals surface area (Å²) in [4.78, 5) is 22.4. The highest BCUT2D eigenvalue weighted by Gasteiger charge is 2.46. The molecule has 1 saturated heterocycles. The van der Waals surface area contributed by atoms with Crippen LogP contribution in [0.15, 0.2) is 24.3 Å². The van der Waals surface area contributed by atoms with Gasteiger partial charge in [0.2, 0.25) is 0 Å². The zero-order valence-electron chi connectivity index (χ0n) is 8.12. The van der Waals surface area contributed by atoms with Crippen molar-refractivity contribution in [2.45, 2.75) is 18.8 Å². The van der Waals surface area contributed by atoms with Gasteiger partial charge in [-0.15, -0.1) is 0 Å². The van der Waals surface area contributed by atoms with Crippen LogP contribution in [0.3, 0.4) is 0 Å². The van der Waals surface area contributed by atoms with Crippen molar-refractivity contribution in [2.24, 2.45) is 0 Å². The lowest BCUT2D eigenvalue weighted by molar-refractivity contribution is -0.153. The van der Waals surface area contributed by atoms with Crippen LogP contribution < -0.4 is 0 Å². The molecule has 0 N–H and O–H groups in total. The molecule has 1 heterocycles. The summed E-state index contributed by atoms with van der Waals surface area (Å²) in [5.41, 5.74) is -0.370. The third-order valence-corrected chi connectivity index (χ3v) is 2.64. The van der Waals surface area contributed by atoms with Crippen molar-refractivity contribution >= 4 is 11.9 Å². The average molecular weight is 208 g/mol. The predicted octanol–water partition coefficient (Wildman–Crippen LogP) is 1.56. The Labute approximate surface area is 85.9 Å². The van der Waals surface area contributed by atoms with Crippen molar-refractivity contribution in [1.82, 2.24) is 0 Å². The number of benzene rings is 1. The van der Waals surface area contributed by atoms with E-state index in [9.17, 15) is 14.0 Å². The van der Waals surface area contributed by atoms with Crippen LogP contribution in [0.5, 0.6) is 0 Å². The van der Waals surface area contributed by atoms with Gasteiger partial charge in [-0.1, -0.05) is 12.1 Å². The first kappa shape index (κ1) is 9.83. The van der Waals surface area contributed by atoms with E-state index in [-0.39, 0.29) is 12.2 Å². The highest BCUT2D eigenvalue weighted by atomic mass is 19.1. The van der Waals surface area contributed by atoms with Gasteiger partial charge >= 0.3 is 11.9 Å². The normalized spacial score (nSPS) is 25.5. The fourth-order valence-electron chi connectivity index (χ4n) is 1.65. The SMILES string of the molecule is CC1(c2ccc(F)cc2)CC(=O)OC1=O. The maximum Gasteiger partial charge on any atom is 0.324 e. The molecule has 0 spiro atoms. The molecule has 1 aliphatic heterocycles. The summed E-state index contributed by atoms with van der Waals surface area (Å²) < 4.78 is 17.2. The minimum absolute atomic E-state index is 0.0114. The van der Waals surface area contributed by atoms with Gasteiger partial charge in [0.1, 0.15) is 11.2 Å². The topological polar surface area (TPSA) is 43.4 Å². The summed E-state index contributed by atoms with van der Waals surface area (Å²) in [6.45, 7) is 1.62. The van der Waals surface area contributed by atoms with Crippen molar-refractivity contribution in [1.29, 1.82) is 0 Å². The van der Waals surface area contributed by atoms with E-state index < -0.39 is 17.4 Å². The lowest BCUT2D eigenvalue weighted by Crippen LogP contribution is -2.27. The number of cyclic esters (lactones) is 2. The van der Waals surface area contributed by atoms with Crippen molar-refractivity contribution in [3.63, 3.8) is 0 Å². The van der Waals surface area contributed by atoms with Gasteiger partial charge in [-0.25, -0.2) is 4.39 Å². The van der Waals surface area contributed by atoms with E-state index in [2.05, 4.69) is 4.74 Å². The maximum atomic E-state index is 12.7. The van der Waals surface area contributed by atoms with Gasteiger partial charge < -0.3 is 4.74 Å². The molecule has 0 aromatic heterocycles. The minimum atomic E-state index is -0.967. The molecule has 3 nitrogen and oxygen atoms in total. The van der Waals surface area contributed by atoms with Gasteiger partial charge in [-0.2, -0.15) is 0 Å².